The molecule has 0 aliphatic rings. The monoisotopic (exact) mass is 232 g/mol. The Bertz CT molecular complexity index is 407. The highest BCUT2D eigenvalue weighted by Crippen LogP contribution is 2.25. The third kappa shape index (κ3) is 3.67. The summed E-state index contributed by atoms with van der Waals surface area (Å²) >= 11 is 0. The number of anilines is 1. The van der Waals surface area contributed by atoms with Gasteiger partial charge < -0.3 is 9.64 Å². The zero-order chi connectivity index (χ0) is 12.8. The van der Waals surface area contributed by atoms with Gasteiger partial charge in [0.05, 0.1) is 18.4 Å². The van der Waals surface area contributed by atoms with Crippen LogP contribution < -0.4 is 9.64 Å². The molecule has 0 heterocycles. The van der Waals surface area contributed by atoms with E-state index in [1.54, 1.807) is 13.2 Å². The average Bonchev–Trinajstić information content (AvgIpc) is 2.34. The average molecular weight is 232 g/mol. The Hall–Kier alpha value is -1.69. The molecule has 0 bridgehead atoms. The van der Waals surface area contributed by atoms with Crippen LogP contribution in [0.1, 0.15) is 25.8 Å². The van der Waals surface area contributed by atoms with Crippen molar-refractivity contribution in [2.45, 2.75) is 20.3 Å². The summed E-state index contributed by atoms with van der Waals surface area (Å²) in [7, 11) is 3.65. The van der Waals surface area contributed by atoms with Gasteiger partial charge in [-0.25, -0.2) is 0 Å². The molecule has 3 heteroatoms. The zero-order valence-electron chi connectivity index (χ0n) is 11.0. The van der Waals surface area contributed by atoms with Crippen molar-refractivity contribution in [3.05, 3.63) is 23.8 Å². The van der Waals surface area contributed by atoms with Crippen molar-refractivity contribution < 1.29 is 4.74 Å². The molecule has 0 spiro atoms. The lowest BCUT2D eigenvalue weighted by Gasteiger charge is -2.22. The fourth-order valence-corrected chi connectivity index (χ4v) is 1.62. The second-order valence-corrected chi connectivity index (χ2v) is 4.60. The highest BCUT2D eigenvalue weighted by Gasteiger charge is 2.09. The fraction of sp³-hybridized carbons (Fsp3) is 0.500. The number of hydrogen-bond acceptors (Lipinski definition) is 3. The number of ether oxygens (including phenoxy) is 1. The minimum atomic E-state index is 0.661. The van der Waals surface area contributed by atoms with Crippen LogP contribution in [-0.2, 0) is 0 Å². The first-order chi connectivity index (χ1) is 8.08. The maximum absolute atomic E-state index is 9.09. The maximum Gasteiger partial charge on any atom is 0.121 e. The molecule has 0 fully saturated rings. The van der Waals surface area contributed by atoms with Crippen molar-refractivity contribution in [1.82, 2.24) is 0 Å². The van der Waals surface area contributed by atoms with E-state index in [2.05, 4.69) is 24.8 Å². The van der Waals surface area contributed by atoms with Gasteiger partial charge in [-0.2, -0.15) is 5.26 Å². The molecular weight excluding hydrogens is 212 g/mol. The number of nitriles is 1. The van der Waals surface area contributed by atoms with Gasteiger partial charge >= 0.3 is 0 Å². The van der Waals surface area contributed by atoms with Crippen LogP contribution >= 0.6 is 0 Å². The molecule has 1 rings (SSSR count). The van der Waals surface area contributed by atoms with Gasteiger partial charge in [0.15, 0.2) is 0 Å². The van der Waals surface area contributed by atoms with Crippen molar-refractivity contribution in [3.8, 4) is 11.8 Å². The molecule has 3 nitrogen and oxygen atoms in total. The second kappa shape index (κ2) is 6.15. The molecule has 0 amide bonds. The molecule has 0 aliphatic heterocycles. The second-order valence-electron chi connectivity index (χ2n) is 4.60. The van der Waals surface area contributed by atoms with Gasteiger partial charge in [-0.1, -0.05) is 13.8 Å². The third-order valence-electron chi connectivity index (χ3n) is 2.78. The fourth-order valence-electron chi connectivity index (χ4n) is 1.62. The highest BCUT2D eigenvalue weighted by atomic mass is 16.5. The van der Waals surface area contributed by atoms with Crippen molar-refractivity contribution in [3.63, 3.8) is 0 Å². The van der Waals surface area contributed by atoms with E-state index < -0.39 is 0 Å². The summed E-state index contributed by atoms with van der Waals surface area (Å²) in [5.74, 6) is 1.45. The highest BCUT2D eigenvalue weighted by molar-refractivity contribution is 5.61. The lowest BCUT2D eigenvalue weighted by Crippen LogP contribution is -2.20. The molecule has 92 valence electrons. The first-order valence-electron chi connectivity index (χ1n) is 5.87. The van der Waals surface area contributed by atoms with Crippen LogP contribution in [0.5, 0.6) is 5.75 Å². The Morgan fingerprint density at radius 3 is 2.65 bits per heavy atom. The summed E-state index contributed by atoms with van der Waals surface area (Å²) in [6, 6.07) is 7.76. The Labute approximate surface area is 104 Å². The van der Waals surface area contributed by atoms with Crippen LogP contribution in [0.2, 0.25) is 0 Å². The summed E-state index contributed by atoms with van der Waals surface area (Å²) in [6.07, 6.45) is 1.11. The first-order valence-corrected chi connectivity index (χ1v) is 5.87. The van der Waals surface area contributed by atoms with E-state index in [9.17, 15) is 0 Å². The molecule has 17 heavy (non-hydrogen) atoms. The molecule has 1 aromatic carbocycles. The van der Waals surface area contributed by atoms with E-state index in [1.807, 2.05) is 19.2 Å². The Morgan fingerprint density at radius 1 is 1.41 bits per heavy atom. The Kier molecular flexibility index (Phi) is 4.84. The van der Waals surface area contributed by atoms with Crippen LogP contribution in [0.4, 0.5) is 5.69 Å². The molecular formula is C14H20N2O. The molecule has 0 radical (unpaired) electrons. The van der Waals surface area contributed by atoms with Crippen molar-refractivity contribution in [1.29, 1.82) is 5.26 Å². The lowest BCUT2D eigenvalue weighted by atomic mass is 10.1. The van der Waals surface area contributed by atoms with Crippen molar-refractivity contribution in [2.75, 3.05) is 25.6 Å². The van der Waals surface area contributed by atoms with Gasteiger partial charge in [0, 0.05) is 19.7 Å². The van der Waals surface area contributed by atoms with E-state index in [0.717, 1.165) is 24.4 Å². The molecule has 0 aliphatic carbocycles. The van der Waals surface area contributed by atoms with Crippen molar-refractivity contribution >= 4 is 5.69 Å². The molecule has 0 N–H and O–H groups in total. The van der Waals surface area contributed by atoms with E-state index in [4.69, 9.17) is 10.00 Å². The Balaban J connectivity index is 2.90. The summed E-state index contributed by atoms with van der Waals surface area (Å²) in [4.78, 5) is 2.11. The van der Waals surface area contributed by atoms with Crippen LogP contribution in [0, 0.1) is 17.2 Å². The largest absolute Gasteiger partial charge is 0.497 e. The van der Waals surface area contributed by atoms with Crippen LogP contribution in [0.15, 0.2) is 18.2 Å². The molecule has 0 saturated heterocycles. The van der Waals surface area contributed by atoms with Gasteiger partial charge in [-0.3, -0.25) is 0 Å². The molecule has 0 atom stereocenters. The van der Waals surface area contributed by atoms with Gasteiger partial charge in [-0.05, 0) is 24.5 Å². The Morgan fingerprint density at radius 2 is 2.12 bits per heavy atom. The van der Waals surface area contributed by atoms with E-state index >= 15 is 0 Å². The van der Waals surface area contributed by atoms with E-state index in [0.29, 0.717) is 11.5 Å². The first kappa shape index (κ1) is 13.4. The number of rotatable bonds is 5. The molecule has 0 aromatic heterocycles. The van der Waals surface area contributed by atoms with Gasteiger partial charge in [0.25, 0.3) is 0 Å². The maximum atomic E-state index is 9.09. The van der Waals surface area contributed by atoms with Crippen LogP contribution in [0.3, 0.4) is 0 Å². The molecule has 0 unspecified atom stereocenters. The third-order valence-corrected chi connectivity index (χ3v) is 2.78. The van der Waals surface area contributed by atoms with E-state index in [1.165, 1.54) is 0 Å². The molecule has 1 aromatic rings. The summed E-state index contributed by atoms with van der Waals surface area (Å²) < 4.78 is 5.19. The molecule has 0 saturated carbocycles. The number of hydrogen-bond donors (Lipinski definition) is 0. The standard InChI is InChI=1S/C14H20N2O/c1-11(2)7-8-16(3)14-9-13(17-4)6-5-12(14)10-15/h5-6,9,11H,7-8H2,1-4H3. The predicted molar refractivity (Wildman–Crippen MR) is 70.4 cm³/mol. The number of methoxy groups -OCH3 is 1. The van der Waals surface area contributed by atoms with Gasteiger partial charge in [0.1, 0.15) is 11.8 Å². The summed E-state index contributed by atoms with van der Waals surface area (Å²) in [5, 5.41) is 9.09. The minimum Gasteiger partial charge on any atom is -0.497 e. The smallest absolute Gasteiger partial charge is 0.121 e. The van der Waals surface area contributed by atoms with Crippen LogP contribution in [-0.4, -0.2) is 20.7 Å². The predicted octanol–water partition coefficient (Wildman–Crippen LogP) is 3.05. The van der Waals surface area contributed by atoms with Gasteiger partial charge in [-0.15, -0.1) is 0 Å². The summed E-state index contributed by atoms with van der Waals surface area (Å²) in [5.41, 5.74) is 1.63. The number of nitrogens with zero attached hydrogens (tertiary/aromatic N) is 2. The van der Waals surface area contributed by atoms with Crippen LogP contribution in [0.25, 0.3) is 0 Å². The number of benzene rings is 1. The normalized spacial score (nSPS) is 10.1. The zero-order valence-corrected chi connectivity index (χ0v) is 11.0. The SMILES string of the molecule is COc1ccc(C#N)c(N(C)CCC(C)C)c1. The van der Waals surface area contributed by atoms with Crippen molar-refractivity contribution in [2.24, 2.45) is 5.92 Å². The lowest BCUT2D eigenvalue weighted by molar-refractivity contribution is 0.414. The van der Waals surface area contributed by atoms with E-state index in [-0.39, 0.29) is 0 Å². The topological polar surface area (TPSA) is 36.3 Å². The quantitative estimate of drug-likeness (QED) is 0.783. The minimum absolute atomic E-state index is 0.661. The summed E-state index contributed by atoms with van der Waals surface area (Å²) in [6.45, 7) is 5.34. The van der Waals surface area contributed by atoms with Gasteiger partial charge in [0.2, 0.25) is 0 Å².